The first kappa shape index (κ1) is 4.57. The smallest absolute Gasteiger partial charge is 0.0427 e. The number of hydrogen-bond donors (Lipinski definition) is 0. The lowest BCUT2D eigenvalue weighted by atomic mass is 10.2. The van der Waals surface area contributed by atoms with Gasteiger partial charge in [-0.25, -0.2) is 0 Å². The van der Waals surface area contributed by atoms with Crippen LogP contribution in [0.3, 0.4) is 0 Å². The number of nitrogens with zero attached hydrogens (tertiary/aromatic N) is 1. The van der Waals surface area contributed by atoms with Gasteiger partial charge in [0.15, 0.2) is 0 Å². The summed E-state index contributed by atoms with van der Waals surface area (Å²) in [6, 6.07) is 0. The zero-order valence-corrected chi connectivity index (χ0v) is 4.52. The van der Waals surface area contributed by atoms with E-state index in [4.69, 9.17) is 0 Å². The molecule has 0 fully saturated rings. The van der Waals surface area contributed by atoms with E-state index in [-0.39, 0.29) is 0 Å². The van der Waals surface area contributed by atoms with Crippen LogP contribution in [0.4, 0.5) is 0 Å². The Labute approximate surface area is 43.8 Å². The van der Waals surface area contributed by atoms with Crippen molar-refractivity contribution in [3.63, 3.8) is 0 Å². The van der Waals surface area contributed by atoms with Gasteiger partial charge in [0.25, 0.3) is 0 Å². The lowest BCUT2D eigenvalue weighted by molar-refractivity contribution is 0.992. The van der Waals surface area contributed by atoms with Gasteiger partial charge in [-0.3, -0.25) is 4.99 Å². The largest absolute Gasteiger partial charge is 0.290 e. The fraction of sp³-hybridized carbons (Fsp3) is 0.500. The van der Waals surface area contributed by atoms with Crippen molar-refractivity contribution in [3.05, 3.63) is 12.2 Å². The normalized spacial score (nSPS) is 19.3. The van der Waals surface area contributed by atoms with Crippen molar-refractivity contribution >= 4 is 5.71 Å². The number of rotatable bonds is 0. The fourth-order valence-electron chi connectivity index (χ4n) is 0.622. The Bertz CT molecular complexity index is 111. The van der Waals surface area contributed by atoms with E-state index in [1.54, 1.807) is 0 Å². The first-order valence-corrected chi connectivity index (χ1v) is 2.57. The summed E-state index contributed by atoms with van der Waals surface area (Å²) in [5.41, 5.74) is 1.16. The molecule has 0 spiro atoms. The van der Waals surface area contributed by atoms with Crippen LogP contribution in [-0.4, -0.2) is 12.3 Å². The maximum atomic E-state index is 4.16. The van der Waals surface area contributed by atoms with Gasteiger partial charge in [0.2, 0.25) is 0 Å². The number of allylic oxidation sites excluding steroid dienone is 1. The molecule has 1 aliphatic heterocycles. The van der Waals surface area contributed by atoms with Crippen LogP contribution < -0.4 is 0 Å². The highest BCUT2D eigenvalue weighted by atomic mass is 14.7. The second-order valence-corrected chi connectivity index (χ2v) is 1.71. The molecule has 0 aromatic carbocycles. The summed E-state index contributed by atoms with van der Waals surface area (Å²) in [6.45, 7) is 3.01. The van der Waals surface area contributed by atoms with Crippen LogP contribution in [0.15, 0.2) is 17.1 Å². The highest BCUT2D eigenvalue weighted by molar-refractivity contribution is 5.93. The molecule has 1 heterocycles. The highest BCUT2D eigenvalue weighted by Gasteiger charge is 1.87. The molecule has 0 amide bonds. The van der Waals surface area contributed by atoms with Gasteiger partial charge in [-0.15, -0.1) is 0 Å². The number of hydrogen-bond acceptors (Lipinski definition) is 1. The van der Waals surface area contributed by atoms with Crippen LogP contribution in [0, 0.1) is 0 Å². The van der Waals surface area contributed by atoms with Crippen LogP contribution in [0.25, 0.3) is 0 Å². The first-order chi connectivity index (χ1) is 3.39. The van der Waals surface area contributed by atoms with E-state index in [0.29, 0.717) is 0 Å². The van der Waals surface area contributed by atoms with Gasteiger partial charge < -0.3 is 0 Å². The van der Waals surface area contributed by atoms with Crippen molar-refractivity contribution in [2.45, 2.75) is 13.3 Å². The van der Waals surface area contributed by atoms with Crippen molar-refractivity contribution in [1.82, 2.24) is 0 Å². The molecule has 0 saturated heterocycles. The highest BCUT2D eigenvalue weighted by Crippen LogP contribution is 1.93. The summed E-state index contributed by atoms with van der Waals surface area (Å²) >= 11 is 0. The maximum absolute atomic E-state index is 4.16. The van der Waals surface area contributed by atoms with Crippen molar-refractivity contribution in [2.24, 2.45) is 4.99 Å². The van der Waals surface area contributed by atoms with E-state index in [2.05, 4.69) is 17.1 Å². The minimum atomic E-state index is 0.988. The average Bonchev–Trinajstić information content (AvgIpc) is 1.69. The van der Waals surface area contributed by atoms with Crippen molar-refractivity contribution in [3.8, 4) is 0 Å². The van der Waals surface area contributed by atoms with Crippen LogP contribution in [0.2, 0.25) is 0 Å². The summed E-state index contributed by atoms with van der Waals surface area (Å²) in [5.74, 6) is 0. The Morgan fingerprint density at radius 1 is 1.71 bits per heavy atom. The van der Waals surface area contributed by atoms with Crippen LogP contribution in [0.5, 0.6) is 0 Å². The van der Waals surface area contributed by atoms with E-state index < -0.39 is 0 Å². The van der Waals surface area contributed by atoms with Gasteiger partial charge in [-0.1, -0.05) is 6.08 Å². The fourth-order valence-corrected chi connectivity index (χ4v) is 0.622. The van der Waals surface area contributed by atoms with Gasteiger partial charge in [0, 0.05) is 12.3 Å². The molecule has 0 radical (unpaired) electrons. The molecular formula is C6H9N. The van der Waals surface area contributed by atoms with Crippen LogP contribution in [-0.2, 0) is 0 Å². The molecule has 38 valence electrons. The predicted octanol–water partition coefficient (Wildman–Crippen LogP) is 1.41. The van der Waals surface area contributed by atoms with Gasteiger partial charge in [0.1, 0.15) is 0 Å². The van der Waals surface area contributed by atoms with E-state index >= 15 is 0 Å². The van der Waals surface area contributed by atoms with Gasteiger partial charge >= 0.3 is 0 Å². The Morgan fingerprint density at radius 2 is 2.57 bits per heavy atom. The summed E-state index contributed by atoms with van der Waals surface area (Å²) < 4.78 is 0. The topological polar surface area (TPSA) is 12.4 Å². The summed E-state index contributed by atoms with van der Waals surface area (Å²) in [6.07, 6.45) is 5.34. The van der Waals surface area contributed by atoms with E-state index in [1.807, 2.05) is 6.92 Å². The molecule has 1 nitrogen and oxygen atoms in total. The lowest BCUT2D eigenvalue weighted by Gasteiger charge is -1.96. The third-order valence-electron chi connectivity index (χ3n) is 1.02. The Balaban J connectivity index is 2.58. The summed E-state index contributed by atoms with van der Waals surface area (Å²) in [4.78, 5) is 4.16. The average molecular weight is 95.1 g/mol. The lowest BCUT2D eigenvalue weighted by Crippen LogP contribution is -1.92. The molecule has 1 heteroatoms. The number of aliphatic imine (C=N–C) groups is 1. The molecule has 1 aliphatic rings. The predicted molar refractivity (Wildman–Crippen MR) is 31.7 cm³/mol. The van der Waals surface area contributed by atoms with E-state index in [0.717, 1.165) is 18.7 Å². The van der Waals surface area contributed by atoms with Gasteiger partial charge in [-0.05, 0) is 19.4 Å². The number of dihydropyridines is 1. The molecule has 1 rings (SSSR count). The second-order valence-electron chi connectivity index (χ2n) is 1.71. The third kappa shape index (κ3) is 1.15. The van der Waals surface area contributed by atoms with Crippen molar-refractivity contribution in [1.29, 1.82) is 0 Å². The SMILES string of the molecule is CC1=NCCC=C1. The van der Waals surface area contributed by atoms with Crippen LogP contribution >= 0.6 is 0 Å². The molecule has 0 bridgehead atoms. The van der Waals surface area contributed by atoms with Crippen LogP contribution in [0.1, 0.15) is 13.3 Å². The summed E-state index contributed by atoms with van der Waals surface area (Å²) in [7, 11) is 0. The zero-order chi connectivity index (χ0) is 5.11. The molecule has 0 atom stereocenters. The van der Waals surface area contributed by atoms with E-state index in [1.165, 1.54) is 0 Å². The monoisotopic (exact) mass is 95.1 g/mol. The maximum Gasteiger partial charge on any atom is 0.0427 e. The molecule has 0 aromatic heterocycles. The quantitative estimate of drug-likeness (QED) is 0.431. The van der Waals surface area contributed by atoms with Crippen molar-refractivity contribution in [2.75, 3.05) is 6.54 Å². The Kier molecular flexibility index (Phi) is 1.25. The van der Waals surface area contributed by atoms with Crippen molar-refractivity contribution < 1.29 is 0 Å². The minimum absolute atomic E-state index is 0.988. The minimum Gasteiger partial charge on any atom is -0.290 e. The van der Waals surface area contributed by atoms with Gasteiger partial charge in [-0.2, -0.15) is 0 Å². The standard InChI is InChI=1S/C6H9N/c1-6-4-2-3-5-7-6/h2,4H,3,5H2,1H3. The second kappa shape index (κ2) is 1.92. The molecular weight excluding hydrogens is 86.1 g/mol. The van der Waals surface area contributed by atoms with E-state index in [9.17, 15) is 0 Å². The zero-order valence-electron chi connectivity index (χ0n) is 4.52. The third-order valence-corrected chi connectivity index (χ3v) is 1.02. The Hall–Kier alpha value is -0.590. The summed E-state index contributed by atoms with van der Waals surface area (Å²) in [5, 5.41) is 0. The molecule has 0 unspecified atom stereocenters. The molecule has 0 saturated carbocycles. The molecule has 7 heavy (non-hydrogen) atoms. The molecule has 0 aliphatic carbocycles. The first-order valence-electron chi connectivity index (χ1n) is 2.57. The molecule has 0 aromatic rings. The van der Waals surface area contributed by atoms with Gasteiger partial charge in [0.05, 0.1) is 0 Å². The molecule has 0 N–H and O–H groups in total. The Morgan fingerprint density at radius 3 is 2.86 bits per heavy atom.